The highest BCUT2D eigenvalue weighted by atomic mass is 79.9. The molecule has 0 spiro atoms. The van der Waals surface area contributed by atoms with Crippen LogP contribution in [0, 0.1) is 0 Å². The fourth-order valence-corrected chi connectivity index (χ4v) is 16.5. The summed E-state index contributed by atoms with van der Waals surface area (Å²) in [5.41, 5.74) is 9.37. The van der Waals surface area contributed by atoms with Crippen molar-refractivity contribution in [2.45, 2.75) is 92.9 Å². The molecule has 0 atom stereocenters. The van der Waals surface area contributed by atoms with Crippen LogP contribution in [0.1, 0.15) is 130 Å². The van der Waals surface area contributed by atoms with Crippen LogP contribution in [-0.4, -0.2) is 129 Å². The lowest BCUT2D eigenvalue weighted by Gasteiger charge is -2.19. The van der Waals surface area contributed by atoms with Crippen LogP contribution in [-0.2, 0) is 66.7 Å². The van der Waals surface area contributed by atoms with E-state index in [1.165, 1.54) is 35.2 Å². The van der Waals surface area contributed by atoms with Gasteiger partial charge in [0.15, 0.2) is 0 Å². The molecule has 4 heterocycles. The van der Waals surface area contributed by atoms with Gasteiger partial charge in [0.05, 0.1) is 87.0 Å². The van der Waals surface area contributed by atoms with E-state index in [1.54, 1.807) is 96.7 Å². The lowest BCUT2D eigenvalue weighted by Crippen LogP contribution is -2.30. The number of carbonyl (C=O) groups excluding carboxylic acids is 4. The van der Waals surface area contributed by atoms with E-state index in [1.807, 2.05) is 72.8 Å². The smallest absolute Gasteiger partial charge is 0.416 e. The van der Waals surface area contributed by atoms with Gasteiger partial charge in [-0.05, 0) is 297 Å². The quantitative estimate of drug-likeness (QED) is 0.0169. The Balaban J connectivity index is 0.000000308. The lowest BCUT2D eigenvalue weighted by molar-refractivity contribution is -0.138. The van der Waals surface area contributed by atoms with E-state index in [4.69, 9.17) is 68.6 Å². The van der Waals surface area contributed by atoms with Crippen LogP contribution in [0.15, 0.2) is 248 Å². The molecule has 0 aliphatic carbocycles. The second-order valence-corrected chi connectivity index (χ2v) is 34.4. The van der Waals surface area contributed by atoms with Gasteiger partial charge in [-0.3, -0.25) is 9.59 Å². The number of nitrogens with zero attached hydrogens (tertiary/aromatic N) is 9. The molecule has 737 valence electrons. The minimum Gasteiger partial charge on any atom is -0.506 e. The van der Waals surface area contributed by atoms with Gasteiger partial charge in [-0.1, -0.05) is 114 Å². The van der Waals surface area contributed by atoms with Crippen molar-refractivity contribution >= 4 is 171 Å². The number of rotatable bonds is 26. The minimum atomic E-state index is -4.47. The van der Waals surface area contributed by atoms with Crippen molar-refractivity contribution in [2.75, 3.05) is 41.1 Å². The summed E-state index contributed by atoms with van der Waals surface area (Å²) in [6.45, 7) is 6.40. The number of aromatic hydroxyl groups is 2. The minimum absolute atomic E-state index is 0. The van der Waals surface area contributed by atoms with Crippen LogP contribution in [0.2, 0.25) is 0 Å². The highest BCUT2D eigenvalue weighted by Gasteiger charge is 2.34. The third kappa shape index (κ3) is 34.3. The molecule has 2 amide bonds. The highest BCUT2D eigenvalue weighted by Crippen LogP contribution is 2.43. The number of halogens is 18. The summed E-state index contributed by atoms with van der Waals surface area (Å²) in [5.74, 6) is 1.32. The number of phenolic OH excluding ortho intramolecular Hbond substituents is 2. The maximum Gasteiger partial charge on any atom is 0.416 e. The first kappa shape index (κ1) is 116. The number of alkyl halides is 10. The largest absolute Gasteiger partial charge is 0.506 e. The number of amides is 2. The molecular weight excluding hydrogens is 2390 g/mol. The molecule has 0 unspecified atom stereocenters. The van der Waals surface area contributed by atoms with E-state index in [9.17, 15) is 68.9 Å². The topological polar surface area (TPSA) is 370 Å². The van der Waals surface area contributed by atoms with Crippen LogP contribution in [0.25, 0.3) is 45.6 Å². The Bertz CT molecular complexity index is 6310. The predicted molar refractivity (Wildman–Crippen MR) is 528 cm³/mol. The monoisotopic (exact) mass is 2460 g/mol. The molecule has 3 radical (unpaired) electrons. The van der Waals surface area contributed by atoms with Crippen molar-refractivity contribution in [3.05, 3.63) is 304 Å². The maximum atomic E-state index is 12.9. The standard InChI is InChI=1S/C25H18Br2F3N3O4.C19H14Br2F3N3O3.C19H16Br2N2O5.C11H8Br2N2O4.C8H9ClO.C8H8F3N.2CH4.B.H2/c1-35-18-7-5-14(6-8-18)13-36-21-19(26)10-16(11-20(21)27)22-32-24(37-33-22)23(34)31-12-15-3-2-4-17(9-15)25(28,29)30;1-2-27(9-10-4-3-5-12(6-10)19(22,23)24)18(29)17-25-16(26-30-17)11-7-13(20)15(28)14(21)8-11;1-3-26-19(24)18-22-17(23-28-18)12-8-14(20)16(15(21)9-12)27-10-11-4-6-13(25-2)7-5-11;1-2-18-11(17)10-14-9(15-19-10)5-3-6(12)8(16)7(13)4-5;1-10-8-4-2-7(6-9)3-5-8;9-8(10,11)7-3-1-2-6(4-7)5-12;;;;/h2-11H,12-13H2,1H3,(H,31,34);3-8,28H,2,9H2,1H3;4-9H,3,10H2,1-2H3;3-4,16H,2H2,1H3;2-5H,6H2,1H3;1-4H,5,12H2;2*1H4;;1H/i;;;;;;;;;1+1. The molecule has 28 nitrogen and oxygen atoms in total. The van der Waals surface area contributed by atoms with Crippen molar-refractivity contribution in [2.24, 2.45) is 5.73 Å². The van der Waals surface area contributed by atoms with Gasteiger partial charge in [0.2, 0.25) is 23.3 Å². The number of ether oxygens (including phenoxy) is 7. The van der Waals surface area contributed by atoms with Gasteiger partial charge in [0, 0.05) is 64.2 Å². The Hall–Kier alpha value is -11.2. The molecule has 0 aliphatic rings. The van der Waals surface area contributed by atoms with Crippen molar-refractivity contribution < 1.29 is 122 Å². The summed E-state index contributed by atoms with van der Waals surface area (Å²) in [5, 5.41) is 37.0. The number of carbonyl (C=O) groups is 4. The number of aromatic nitrogens is 8. The van der Waals surface area contributed by atoms with Crippen LogP contribution < -0.4 is 34.7 Å². The first-order valence-corrected chi connectivity index (χ1v) is 46.1. The molecule has 0 saturated heterocycles. The van der Waals surface area contributed by atoms with Gasteiger partial charge >= 0.3 is 65.8 Å². The van der Waals surface area contributed by atoms with Gasteiger partial charge in [0.1, 0.15) is 53.5 Å². The van der Waals surface area contributed by atoms with Gasteiger partial charge in [0.25, 0.3) is 0 Å². The summed E-state index contributed by atoms with van der Waals surface area (Å²) in [7, 11) is 4.87. The van der Waals surface area contributed by atoms with E-state index in [-0.39, 0.29) is 128 Å². The molecule has 0 saturated carbocycles. The van der Waals surface area contributed by atoms with Crippen LogP contribution in [0.3, 0.4) is 0 Å². The number of hydrogen-bond acceptors (Lipinski definition) is 26. The highest BCUT2D eigenvalue weighted by molar-refractivity contribution is 9.12. The normalized spacial score (nSPS) is 10.7. The second kappa shape index (κ2) is 55.1. The zero-order chi connectivity index (χ0) is 99.3. The predicted octanol–water partition coefficient (Wildman–Crippen LogP) is 26.4. The average Bonchev–Trinajstić information content (AvgIpc) is 1.71. The van der Waals surface area contributed by atoms with Gasteiger partial charge in [-0.25, -0.2) is 9.59 Å². The van der Waals surface area contributed by atoms with Crippen molar-refractivity contribution in [1.82, 2.24) is 50.8 Å². The maximum absolute atomic E-state index is 12.9. The first-order valence-electron chi connectivity index (χ1n) is 39.2. The third-order valence-electron chi connectivity index (χ3n) is 17.9. The van der Waals surface area contributed by atoms with E-state index in [0.29, 0.717) is 99.8 Å². The lowest BCUT2D eigenvalue weighted by atomic mass is 10.1. The molecule has 0 bridgehead atoms. The van der Waals surface area contributed by atoms with E-state index in [2.05, 4.69) is 173 Å². The Morgan fingerprint density at radius 3 is 1.06 bits per heavy atom. The zero-order valence-electron chi connectivity index (χ0n) is 71.8. The molecule has 4 aromatic heterocycles. The van der Waals surface area contributed by atoms with Crippen LogP contribution in [0.4, 0.5) is 39.5 Å². The Kier molecular flexibility index (Phi) is 46.2. The number of hydrogen-bond donors (Lipinski definition) is 4. The van der Waals surface area contributed by atoms with Crippen molar-refractivity contribution in [1.29, 1.82) is 0 Å². The molecule has 10 aromatic carbocycles. The first-order chi connectivity index (χ1) is 64.7. The number of phenols is 2. The number of esters is 2. The van der Waals surface area contributed by atoms with E-state index in [0.717, 1.165) is 70.3 Å². The second-order valence-electron chi connectivity index (χ2n) is 27.3. The Morgan fingerprint density at radius 1 is 0.424 bits per heavy atom. The molecule has 14 rings (SSSR count). The zero-order valence-corrected chi connectivity index (χ0v) is 85.3. The van der Waals surface area contributed by atoms with Crippen molar-refractivity contribution in [3.63, 3.8) is 0 Å². The van der Waals surface area contributed by atoms with Crippen molar-refractivity contribution in [3.8, 4) is 85.8 Å². The van der Waals surface area contributed by atoms with E-state index >= 15 is 0 Å². The Labute approximate surface area is 865 Å². The molecule has 5 N–H and O–H groups in total. The van der Waals surface area contributed by atoms with Crippen LogP contribution >= 0.6 is 139 Å². The van der Waals surface area contributed by atoms with Gasteiger partial charge in [-0.15, -0.1) is 11.6 Å². The number of methoxy groups -OCH3 is 3. The SMILES string of the molecule is C.C.CCN(Cc1cccc(C(F)(F)F)c1)C(=O)c1nc(-c2cc(Br)c(O)c(Br)c2)no1.CCOC(=O)c1nc(-c2cc(Br)c(O)c(Br)c2)no1.CCOC(=O)c1nc(-c2cc(Br)c(OCc3ccc(OC)cc3)c(Br)c2)no1.COc1ccc(CCl)cc1.COc1ccc(COc2c(Br)cc(-c3noc(C(=O)NCc4cccc(C(F)(F)F)c4)n3)cc2Br)cc1.NCc1cccc(C(F)(F)F)c1.[2HH].[B]. The summed E-state index contributed by atoms with van der Waals surface area (Å²) in [6, 6.07) is 50.6. The average molecular weight is 2470 g/mol. The summed E-state index contributed by atoms with van der Waals surface area (Å²) in [6.07, 6.45) is -13.2. The molecular formula is C92H83BBr8ClF9N11O17. The number of nitrogens with two attached hydrogens (primary N) is 1. The third-order valence-corrected chi connectivity index (χ3v) is 23.0. The number of nitrogens with one attached hydrogen (secondary N) is 1. The molecule has 0 fully saturated rings. The Morgan fingerprint density at radius 2 is 0.727 bits per heavy atom. The fourth-order valence-electron chi connectivity index (χ4n) is 11.1. The fraction of sp³-hybridized carbons (Fsp3) is 0.217. The van der Waals surface area contributed by atoms with Crippen LogP contribution in [0.5, 0.6) is 40.2 Å². The summed E-state index contributed by atoms with van der Waals surface area (Å²) < 4.78 is 175. The van der Waals surface area contributed by atoms with Gasteiger partial charge < -0.3 is 77.4 Å². The molecule has 0 aliphatic heterocycles. The molecule has 47 heteroatoms. The molecule has 139 heavy (non-hydrogen) atoms. The summed E-state index contributed by atoms with van der Waals surface area (Å²) >= 11 is 32.3. The van der Waals surface area contributed by atoms with E-state index < -0.39 is 59.0 Å². The number of benzene rings is 10. The van der Waals surface area contributed by atoms with Gasteiger partial charge in [-0.2, -0.15) is 59.4 Å². The molecule has 14 aromatic rings. The summed E-state index contributed by atoms with van der Waals surface area (Å²) in [4.78, 5) is 65.7.